The van der Waals surface area contributed by atoms with E-state index in [0.717, 1.165) is 25.1 Å². The number of amides is 1. The number of hydrogen-bond acceptors (Lipinski definition) is 4. The Bertz CT molecular complexity index is 352. The van der Waals surface area contributed by atoms with Crippen LogP contribution in [0.25, 0.3) is 0 Å². The average molecular weight is 251 g/mol. The summed E-state index contributed by atoms with van der Waals surface area (Å²) < 4.78 is 5.35. The number of nitrogens with one attached hydrogen (secondary N) is 2. The van der Waals surface area contributed by atoms with E-state index in [9.17, 15) is 4.79 Å². The van der Waals surface area contributed by atoms with Crippen molar-refractivity contribution in [3.8, 4) is 0 Å². The van der Waals surface area contributed by atoms with Crippen LogP contribution in [0, 0.1) is 0 Å². The molecule has 1 heterocycles. The molecule has 0 aliphatic rings. The first-order chi connectivity index (χ1) is 8.77. The van der Waals surface area contributed by atoms with Crippen molar-refractivity contribution in [1.29, 1.82) is 0 Å². The van der Waals surface area contributed by atoms with Crippen LogP contribution in [0.3, 0.4) is 0 Å². The summed E-state index contributed by atoms with van der Waals surface area (Å²) in [4.78, 5) is 15.7. The first-order valence-corrected chi connectivity index (χ1v) is 6.27. The number of nitrogens with zero attached hydrogens (tertiary/aromatic N) is 1. The summed E-state index contributed by atoms with van der Waals surface area (Å²) >= 11 is 0. The monoisotopic (exact) mass is 251 g/mol. The Balaban J connectivity index is 2.23. The number of aromatic nitrogens is 1. The van der Waals surface area contributed by atoms with Crippen molar-refractivity contribution >= 4 is 11.6 Å². The van der Waals surface area contributed by atoms with Crippen molar-refractivity contribution in [1.82, 2.24) is 10.3 Å². The third-order valence-electron chi connectivity index (χ3n) is 2.46. The molecule has 0 saturated carbocycles. The predicted molar refractivity (Wildman–Crippen MR) is 71.8 cm³/mol. The van der Waals surface area contributed by atoms with Crippen LogP contribution in [0.1, 0.15) is 30.3 Å². The lowest BCUT2D eigenvalue weighted by atomic mass is 10.3. The first-order valence-electron chi connectivity index (χ1n) is 6.27. The van der Waals surface area contributed by atoms with Gasteiger partial charge in [0, 0.05) is 20.2 Å². The van der Waals surface area contributed by atoms with Crippen LogP contribution in [0.5, 0.6) is 0 Å². The maximum atomic E-state index is 11.7. The molecule has 1 amide bonds. The van der Waals surface area contributed by atoms with Crippen molar-refractivity contribution in [2.24, 2.45) is 0 Å². The highest BCUT2D eigenvalue weighted by atomic mass is 16.5. The van der Waals surface area contributed by atoms with Gasteiger partial charge in [0.15, 0.2) is 0 Å². The average Bonchev–Trinajstić information content (AvgIpc) is 2.42. The number of rotatable bonds is 8. The van der Waals surface area contributed by atoms with E-state index in [1.54, 1.807) is 12.3 Å². The van der Waals surface area contributed by atoms with Crippen LogP contribution in [0.2, 0.25) is 0 Å². The van der Waals surface area contributed by atoms with E-state index in [2.05, 4.69) is 22.5 Å². The molecule has 1 aromatic rings. The Labute approximate surface area is 108 Å². The third kappa shape index (κ3) is 5.14. The van der Waals surface area contributed by atoms with E-state index in [4.69, 9.17) is 4.74 Å². The van der Waals surface area contributed by atoms with Crippen LogP contribution < -0.4 is 10.6 Å². The minimum absolute atomic E-state index is 0.170. The van der Waals surface area contributed by atoms with Crippen LogP contribution in [-0.2, 0) is 4.74 Å². The molecule has 100 valence electrons. The quantitative estimate of drug-likeness (QED) is 0.690. The smallest absolute Gasteiger partial charge is 0.269 e. The predicted octanol–water partition coefficient (Wildman–Crippen LogP) is 1.67. The van der Waals surface area contributed by atoms with Gasteiger partial charge in [-0.05, 0) is 18.6 Å². The Morgan fingerprint density at radius 2 is 2.22 bits per heavy atom. The zero-order valence-electron chi connectivity index (χ0n) is 11.0. The molecule has 0 aliphatic carbocycles. The van der Waals surface area contributed by atoms with E-state index in [1.807, 2.05) is 13.1 Å². The van der Waals surface area contributed by atoms with E-state index < -0.39 is 0 Å². The zero-order valence-corrected chi connectivity index (χ0v) is 11.0. The second kappa shape index (κ2) is 8.47. The van der Waals surface area contributed by atoms with Gasteiger partial charge in [0.2, 0.25) is 0 Å². The molecule has 0 unspecified atom stereocenters. The van der Waals surface area contributed by atoms with Gasteiger partial charge in [-0.1, -0.05) is 13.3 Å². The highest BCUT2D eigenvalue weighted by Crippen LogP contribution is 2.04. The van der Waals surface area contributed by atoms with E-state index in [-0.39, 0.29) is 5.91 Å². The zero-order chi connectivity index (χ0) is 13.2. The van der Waals surface area contributed by atoms with Gasteiger partial charge in [0.1, 0.15) is 5.69 Å². The fourth-order valence-electron chi connectivity index (χ4n) is 1.35. The van der Waals surface area contributed by atoms with Crippen LogP contribution >= 0.6 is 0 Å². The first kappa shape index (κ1) is 14.4. The van der Waals surface area contributed by atoms with Crippen LogP contribution in [0.4, 0.5) is 5.69 Å². The summed E-state index contributed by atoms with van der Waals surface area (Å²) in [6.45, 7) is 3.92. The maximum absolute atomic E-state index is 11.7. The molecule has 0 bridgehead atoms. The van der Waals surface area contributed by atoms with Gasteiger partial charge in [-0.3, -0.25) is 4.79 Å². The van der Waals surface area contributed by atoms with Gasteiger partial charge in [-0.2, -0.15) is 0 Å². The van der Waals surface area contributed by atoms with Gasteiger partial charge in [0.05, 0.1) is 18.5 Å². The van der Waals surface area contributed by atoms with Gasteiger partial charge in [0.25, 0.3) is 5.91 Å². The molecule has 0 atom stereocenters. The van der Waals surface area contributed by atoms with Crippen molar-refractivity contribution in [2.75, 3.05) is 32.1 Å². The molecule has 0 saturated heterocycles. The van der Waals surface area contributed by atoms with Crippen molar-refractivity contribution in [3.05, 3.63) is 24.0 Å². The summed E-state index contributed by atoms with van der Waals surface area (Å²) in [5.74, 6) is -0.170. The summed E-state index contributed by atoms with van der Waals surface area (Å²) in [5, 5.41) is 5.72. The van der Waals surface area contributed by atoms with Crippen molar-refractivity contribution in [2.45, 2.75) is 19.8 Å². The molecule has 2 N–H and O–H groups in total. The molecule has 5 heteroatoms. The minimum atomic E-state index is -0.170. The summed E-state index contributed by atoms with van der Waals surface area (Å²) in [5.41, 5.74) is 1.30. The van der Waals surface area contributed by atoms with Gasteiger partial charge < -0.3 is 15.4 Å². The number of hydrogen-bond donors (Lipinski definition) is 2. The number of carbonyl (C=O) groups excluding carboxylic acids is 1. The number of carbonyl (C=O) groups is 1. The lowest BCUT2D eigenvalue weighted by Crippen LogP contribution is -2.28. The minimum Gasteiger partial charge on any atom is -0.387 e. The standard InChI is InChI=1S/C13H21N3O2/c1-3-4-8-18-9-7-15-13(17)12-6-5-11(14-2)10-16-12/h5-6,10,14H,3-4,7-9H2,1-2H3,(H,15,17). The Hall–Kier alpha value is -1.62. The summed E-state index contributed by atoms with van der Waals surface area (Å²) in [6.07, 6.45) is 3.81. The second-order valence-electron chi connectivity index (χ2n) is 3.90. The maximum Gasteiger partial charge on any atom is 0.269 e. The molecule has 0 radical (unpaired) electrons. The third-order valence-corrected chi connectivity index (χ3v) is 2.46. The van der Waals surface area contributed by atoms with Gasteiger partial charge in [-0.25, -0.2) is 4.98 Å². The molecule has 0 fully saturated rings. The topological polar surface area (TPSA) is 63.2 Å². The Morgan fingerprint density at radius 1 is 1.39 bits per heavy atom. The number of pyridine rings is 1. The van der Waals surface area contributed by atoms with Gasteiger partial charge in [-0.15, -0.1) is 0 Å². The normalized spacial score (nSPS) is 10.1. The lowest BCUT2D eigenvalue weighted by molar-refractivity contribution is 0.0908. The van der Waals surface area contributed by atoms with E-state index >= 15 is 0 Å². The van der Waals surface area contributed by atoms with E-state index in [1.165, 1.54) is 0 Å². The number of anilines is 1. The molecule has 1 rings (SSSR count). The molecule has 5 nitrogen and oxygen atoms in total. The highest BCUT2D eigenvalue weighted by Gasteiger charge is 2.05. The van der Waals surface area contributed by atoms with Crippen LogP contribution in [-0.4, -0.2) is 37.7 Å². The Morgan fingerprint density at radius 3 is 2.83 bits per heavy atom. The van der Waals surface area contributed by atoms with E-state index in [0.29, 0.717) is 18.8 Å². The second-order valence-corrected chi connectivity index (χ2v) is 3.90. The molecule has 0 spiro atoms. The van der Waals surface area contributed by atoms with Crippen molar-refractivity contribution in [3.63, 3.8) is 0 Å². The SMILES string of the molecule is CCCCOCCNC(=O)c1ccc(NC)cn1. The fourth-order valence-corrected chi connectivity index (χ4v) is 1.35. The molecule has 0 aliphatic heterocycles. The largest absolute Gasteiger partial charge is 0.387 e. The van der Waals surface area contributed by atoms with Crippen LogP contribution in [0.15, 0.2) is 18.3 Å². The number of unbranched alkanes of at least 4 members (excludes halogenated alkanes) is 1. The number of ether oxygens (including phenoxy) is 1. The summed E-state index contributed by atoms with van der Waals surface area (Å²) in [6, 6.07) is 3.51. The molecular weight excluding hydrogens is 230 g/mol. The summed E-state index contributed by atoms with van der Waals surface area (Å²) in [7, 11) is 1.81. The molecule has 18 heavy (non-hydrogen) atoms. The fraction of sp³-hybridized carbons (Fsp3) is 0.538. The van der Waals surface area contributed by atoms with Gasteiger partial charge >= 0.3 is 0 Å². The Kier molecular flexibility index (Phi) is 6.79. The molecule has 1 aromatic heterocycles. The lowest BCUT2D eigenvalue weighted by Gasteiger charge is -2.06. The molecule has 0 aromatic carbocycles. The molecular formula is C13H21N3O2. The van der Waals surface area contributed by atoms with Crippen molar-refractivity contribution < 1.29 is 9.53 Å². The highest BCUT2D eigenvalue weighted by molar-refractivity contribution is 5.92.